The van der Waals surface area contributed by atoms with E-state index in [-0.39, 0.29) is 11.9 Å². The average molecular weight is 360 g/mol. The Kier molecular flexibility index (Phi) is 4.98. The summed E-state index contributed by atoms with van der Waals surface area (Å²) < 4.78 is 0. The van der Waals surface area contributed by atoms with Crippen molar-refractivity contribution in [2.24, 2.45) is 43.3 Å². The summed E-state index contributed by atoms with van der Waals surface area (Å²) in [5, 5.41) is 19.4. The maximum atomic E-state index is 5.37. The summed E-state index contributed by atoms with van der Waals surface area (Å²) >= 11 is 0. The average Bonchev–Trinajstić information content (AvgIpc) is 2.62. The quantitative estimate of drug-likeness (QED) is 0.241. The molecule has 0 saturated heterocycles. The lowest BCUT2D eigenvalue weighted by atomic mass is 9.91. The van der Waals surface area contributed by atoms with Crippen molar-refractivity contribution in [2.45, 2.75) is 6.92 Å². The number of guanidine groups is 2. The molecule has 0 amide bonds. The molecule has 0 bridgehead atoms. The van der Waals surface area contributed by atoms with E-state index in [1.54, 1.807) is 12.4 Å². The number of benzene rings is 3. The highest BCUT2D eigenvalue weighted by Crippen LogP contribution is 2.32. The number of hydrogen-bond donors (Lipinski definition) is 4. The first-order chi connectivity index (χ1) is 13.0. The van der Waals surface area contributed by atoms with E-state index < -0.39 is 0 Å². The fourth-order valence-corrected chi connectivity index (χ4v) is 2.94. The molecule has 0 unspecified atom stereocenters. The second-order valence-corrected chi connectivity index (χ2v) is 5.96. The second-order valence-electron chi connectivity index (χ2n) is 5.96. The zero-order chi connectivity index (χ0) is 19.4. The molecule has 0 aliphatic carbocycles. The summed E-state index contributed by atoms with van der Waals surface area (Å²) in [4.78, 5) is 0. The van der Waals surface area contributed by atoms with Crippen LogP contribution in [0.4, 0.5) is 0 Å². The van der Waals surface area contributed by atoms with E-state index in [0.717, 1.165) is 38.2 Å². The van der Waals surface area contributed by atoms with Gasteiger partial charge in [0.05, 0.1) is 12.4 Å². The van der Waals surface area contributed by atoms with Gasteiger partial charge in [0.25, 0.3) is 0 Å². The Morgan fingerprint density at radius 3 is 1.70 bits per heavy atom. The summed E-state index contributed by atoms with van der Waals surface area (Å²) in [5.41, 5.74) is 24.4. The number of rotatable bonds is 4. The highest BCUT2D eigenvalue weighted by molar-refractivity contribution is 6.21. The molecule has 136 valence electrons. The van der Waals surface area contributed by atoms with Crippen LogP contribution < -0.4 is 22.9 Å². The van der Waals surface area contributed by atoms with Gasteiger partial charge in [0, 0.05) is 11.1 Å². The third kappa shape index (κ3) is 3.84. The standard InChI is InChI=1S/C19H20N8/c1-11-6-7-14-15(8-11)17(10-25-27-19(22)23)13-5-3-2-4-12(13)16(14)9-24-26-18(20)21/h2-10H,1H3,(H4,20,21,26)(H4,22,23,27). The minimum atomic E-state index is -0.100. The van der Waals surface area contributed by atoms with Crippen LogP contribution in [0.5, 0.6) is 0 Å². The van der Waals surface area contributed by atoms with Crippen LogP contribution in [0.2, 0.25) is 0 Å². The van der Waals surface area contributed by atoms with Crippen molar-refractivity contribution >= 4 is 45.9 Å². The Morgan fingerprint density at radius 1 is 0.704 bits per heavy atom. The normalized spacial score (nSPS) is 11.4. The molecule has 8 N–H and O–H groups in total. The number of aryl methyl sites for hydroxylation is 1. The van der Waals surface area contributed by atoms with Crippen LogP contribution in [-0.2, 0) is 0 Å². The molecule has 3 aromatic rings. The second kappa shape index (κ2) is 7.52. The lowest BCUT2D eigenvalue weighted by molar-refractivity contribution is 1.22. The van der Waals surface area contributed by atoms with Crippen molar-refractivity contribution in [1.82, 2.24) is 0 Å². The summed E-state index contributed by atoms with van der Waals surface area (Å²) in [6.45, 7) is 2.03. The lowest BCUT2D eigenvalue weighted by Gasteiger charge is -2.12. The zero-order valence-electron chi connectivity index (χ0n) is 14.8. The van der Waals surface area contributed by atoms with Crippen LogP contribution in [-0.4, -0.2) is 24.3 Å². The maximum Gasteiger partial charge on any atom is 0.211 e. The molecule has 3 rings (SSSR count). The van der Waals surface area contributed by atoms with E-state index in [1.165, 1.54) is 0 Å². The van der Waals surface area contributed by atoms with Crippen LogP contribution >= 0.6 is 0 Å². The maximum absolute atomic E-state index is 5.37. The van der Waals surface area contributed by atoms with E-state index in [1.807, 2.05) is 43.3 Å². The van der Waals surface area contributed by atoms with Crippen LogP contribution in [0.3, 0.4) is 0 Å². The highest BCUT2D eigenvalue weighted by atomic mass is 15.3. The van der Waals surface area contributed by atoms with Crippen LogP contribution in [0.15, 0.2) is 62.9 Å². The van der Waals surface area contributed by atoms with Crippen molar-refractivity contribution in [3.63, 3.8) is 0 Å². The lowest BCUT2D eigenvalue weighted by Crippen LogP contribution is -2.21. The predicted molar refractivity (Wildman–Crippen MR) is 113 cm³/mol. The van der Waals surface area contributed by atoms with Crippen molar-refractivity contribution < 1.29 is 0 Å². The number of nitrogens with zero attached hydrogens (tertiary/aromatic N) is 4. The molecule has 0 radical (unpaired) electrons. The van der Waals surface area contributed by atoms with Gasteiger partial charge in [-0.2, -0.15) is 10.2 Å². The van der Waals surface area contributed by atoms with E-state index in [2.05, 4.69) is 26.5 Å². The first kappa shape index (κ1) is 17.9. The van der Waals surface area contributed by atoms with Gasteiger partial charge in [-0.25, -0.2) is 0 Å². The van der Waals surface area contributed by atoms with Gasteiger partial charge in [-0.15, -0.1) is 10.2 Å². The molecule has 0 heterocycles. The van der Waals surface area contributed by atoms with Crippen LogP contribution in [0, 0.1) is 6.92 Å². The Morgan fingerprint density at radius 2 is 1.19 bits per heavy atom. The molecule has 0 fully saturated rings. The van der Waals surface area contributed by atoms with Gasteiger partial charge in [0.15, 0.2) is 0 Å². The Balaban J connectivity index is 2.39. The Labute approximate surface area is 156 Å². The van der Waals surface area contributed by atoms with Crippen molar-refractivity contribution in [2.75, 3.05) is 0 Å². The minimum Gasteiger partial charge on any atom is -0.369 e. The predicted octanol–water partition coefficient (Wildman–Crippen LogP) is 1.52. The minimum absolute atomic E-state index is 0.1000. The van der Waals surface area contributed by atoms with Gasteiger partial charge in [-0.3, -0.25) is 0 Å². The van der Waals surface area contributed by atoms with Gasteiger partial charge in [-0.05, 0) is 28.5 Å². The molecule has 3 aromatic carbocycles. The van der Waals surface area contributed by atoms with Crippen LogP contribution in [0.25, 0.3) is 21.5 Å². The van der Waals surface area contributed by atoms with Crippen molar-refractivity contribution in [3.05, 3.63) is 59.2 Å². The van der Waals surface area contributed by atoms with Gasteiger partial charge in [0.2, 0.25) is 11.9 Å². The number of nitrogens with two attached hydrogens (primary N) is 4. The Bertz CT molecular complexity index is 1120. The SMILES string of the molecule is Cc1ccc2c(C=NN=C(N)N)c3ccccc3c(C=NN=C(N)N)c2c1. The monoisotopic (exact) mass is 360 g/mol. The van der Waals surface area contributed by atoms with Crippen molar-refractivity contribution in [1.29, 1.82) is 0 Å². The third-order valence-corrected chi connectivity index (χ3v) is 3.98. The fourth-order valence-electron chi connectivity index (χ4n) is 2.94. The summed E-state index contributed by atoms with van der Waals surface area (Å²) in [5.74, 6) is -0.200. The topological polar surface area (TPSA) is 154 Å². The van der Waals surface area contributed by atoms with E-state index in [4.69, 9.17) is 22.9 Å². The van der Waals surface area contributed by atoms with Gasteiger partial charge in [-0.1, -0.05) is 48.0 Å². The first-order valence-electron chi connectivity index (χ1n) is 8.16. The molecule has 0 aliphatic heterocycles. The van der Waals surface area contributed by atoms with Gasteiger partial charge >= 0.3 is 0 Å². The molecule has 8 heteroatoms. The molecule has 0 aliphatic rings. The molecular weight excluding hydrogens is 340 g/mol. The third-order valence-electron chi connectivity index (χ3n) is 3.98. The summed E-state index contributed by atoms with van der Waals surface area (Å²) in [7, 11) is 0. The van der Waals surface area contributed by atoms with Crippen molar-refractivity contribution in [3.8, 4) is 0 Å². The number of fused-ring (bicyclic) bond motifs is 2. The largest absolute Gasteiger partial charge is 0.369 e. The molecule has 0 saturated carbocycles. The molecule has 0 atom stereocenters. The zero-order valence-corrected chi connectivity index (χ0v) is 14.8. The van der Waals surface area contributed by atoms with E-state index in [9.17, 15) is 0 Å². The summed E-state index contributed by atoms with van der Waals surface area (Å²) in [6, 6.07) is 14.1. The van der Waals surface area contributed by atoms with E-state index >= 15 is 0 Å². The van der Waals surface area contributed by atoms with Gasteiger partial charge in [0.1, 0.15) is 0 Å². The fraction of sp³-hybridized carbons (Fsp3) is 0.0526. The smallest absolute Gasteiger partial charge is 0.211 e. The van der Waals surface area contributed by atoms with Crippen LogP contribution in [0.1, 0.15) is 16.7 Å². The molecule has 27 heavy (non-hydrogen) atoms. The molecule has 8 nitrogen and oxygen atoms in total. The summed E-state index contributed by atoms with van der Waals surface area (Å²) in [6.07, 6.45) is 3.30. The van der Waals surface area contributed by atoms with E-state index in [0.29, 0.717) is 0 Å². The first-order valence-corrected chi connectivity index (χ1v) is 8.16. The number of hydrogen-bond acceptors (Lipinski definition) is 4. The highest BCUT2D eigenvalue weighted by Gasteiger charge is 2.12. The molecular formula is C19H20N8. The molecule has 0 spiro atoms. The Hall–Kier alpha value is -3.94. The molecule has 0 aromatic heterocycles. The van der Waals surface area contributed by atoms with Gasteiger partial charge < -0.3 is 22.9 Å².